The number of hydrogen-bond acceptors (Lipinski definition) is 10. The molecule has 1 atom stereocenters. The quantitative estimate of drug-likeness (QED) is 0.0306. The Bertz CT molecular complexity index is 1620. The first-order chi connectivity index (χ1) is 22.2. The van der Waals surface area contributed by atoms with Crippen molar-refractivity contribution in [3.8, 4) is 22.6 Å². The van der Waals surface area contributed by atoms with Gasteiger partial charge in [-0.2, -0.15) is 4.39 Å². The number of esters is 2. The number of ether oxygens (including phenoxy) is 5. The second kappa shape index (κ2) is 16.4. The van der Waals surface area contributed by atoms with Crippen molar-refractivity contribution >= 4 is 35.0 Å². The number of benzene rings is 3. The van der Waals surface area contributed by atoms with E-state index >= 15 is 0 Å². The van der Waals surface area contributed by atoms with Crippen LogP contribution in [0.4, 0.5) is 9.18 Å². The van der Waals surface area contributed by atoms with Crippen molar-refractivity contribution < 1.29 is 47.3 Å². The number of carbonyl (C=O) groups excluding carboxylic acids is 4. The van der Waals surface area contributed by atoms with E-state index in [1.807, 2.05) is 37.3 Å². The molecule has 0 heterocycles. The first kappa shape index (κ1) is 34.0. The van der Waals surface area contributed by atoms with Gasteiger partial charge in [0.05, 0.1) is 26.1 Å². The summed E-state index contributed by atoms with van der Waals surface area (Å²) in [7, 11) is 0. The predicted octanol–water partition coefficient (Wildman–Crippen LogP) is 7.92. The third-order valence-corrected chi connectivity index (χ3v) is 7.92. The second-order valence-electron chi connectivity index (χ2n) is 10.2. The summed E-state index contributed by atoms with van der Waals surface area (Å²) >= 11 is 1.12. The normalized spacial score (nSPS) is 12.7. The molecule has 0 radical (unpaired) electrons. The Morgan fingerprint density at radius 3 is 2.22 bits per heavy atom. The summed E-state index contributed by atoms with van der Waals surface area (Å²) in [6.45, 7) is 8.71. The first-order valence-corrected chi connectivity index (χ1v) is 15.4. The zero-order chi connectivity index (χ0) is 33.1. The molecule has 0 saturated heterocycles. The summed E-state index contributed by atoms with van der Waals surface area (Å²) in [5.74, 6) is -1.70. The van der Waals surface area contributed by atoms with Gasteiger partial charge < -0.3 is 23.7 Å². The molecule has 1 aliphatic carbocycles. The van der Waals surface area contributed by atoms with E-state index in [2.05, 4.69) is 17.9 Å². The van der Waals surface area contributed by atoms with Crippen molar-refractivity contribution in [2.75, 3.05) is 19.8 Å². The Balaban J connectivity index is 1.26. The molecule has 0 N–H and O–H groups in total. The zero-order valence-electron chi connectivity index (χ0n) is 25.3. The van der Waals surface area contributed by atoms with Crippen LogP contribution in [0.1, 0.15) is 60.0 Å². The van der Waals surface area contributed by atoms with Crippen LogP contribution in [0.3, 0.4) is 0 Å². The molecule has 0 spiro atoms. The molecule has 0 bridgehead atoms. The minimum atomic E-state index is -1.12. The van der Waals surface area contributed by atoms with Crippen LogP contribution in [0, 0.1) is 0 Å². The highest BCUT2D eigenvalue weighted by atomic mass is 32.2. The summed E-state index contributed by atoms with van der Waals surface area (Å²) in [4.78, 5) is 48.4. The molecule has 0 aliphatic heterocycles. The van der Waals surface area contributed by atoms with Crippen molar-refractivity contribution in [1.29, 1.82) is 0 Å². The molecule has 11 heteroatoms. The highest BCUT2D eigenvalue weighted by molar-refractivity contribution is 8.14. The molecule has 3 aromatic rings. The van der Waals surface area contributed by atoms with Gasteiger partial charge in [0.2, 0.25) is 10.9 Å². The van der Waals surface area contributed by atoms with Crippen LogP contribution in [0.2, 0.25) is 0 Å². The van der Waals surface area contributed by atoms with Crippen molar-refractivity contribution in [2.24, 2.45) is 0 Å². The van der Waals surface area contributed by atoms with Gasteiger partial charge in [0.15, 0.2) is 0 Å². The molecule has 9 nitrogen and oxygen atoms in total. The zero-order valence-corrected chi connectivity index (χ0v) is 26.1. The minimum absolute atomic E-state index is 0.00737. The molecule has 1 aliphatic rings. The molecule has 46 heavy (non-hydrogen) atoms. The molecule has 0 amide bonds. The van der Waals surface area contributed by atoms with Crippen LogP contribution in [0.15, 0.2) is 90.8 Å². The van der Waals surface area contributed by atoms with Crippen LogP contribution < -0.4 is 9.47 Å². The van der Waals surface area contributed by atoms with Gasteiger partial charge in [-0.15, -0.1) is 0 Å². The fraction of sp³-hybridized carbons (Fsp3) is 0.257. The molecule has 240 valence electrons. The number of fused-ring (bicyclic) bond motifs is 3. The third kappa shape index (κ3) is 9.31. The maximum Gasteiger partial charge on any atom is 0.513 e. The Kier molecular flexibility index (Phi) is 12.1. The molecule has 0 saturated carbocycles. The minimum Gasteiger partial charge on any atom is -0.494 e. The number of unbranched alkanes of at least 4 members (excludes halogenated alkanes) is 1. The number of rotatable bonds is 15. The maximum atomic E-state index is 13.2. The number of thioether (sulfide) groups is 1. The molecule has 3 aromatic carbocycles. The van der Waals surface area contributed by atoms with Crippen LogP contribution in [0.25, 0.3) is 11.1 Å². The average Bonchev–Trinajstić information content (AvgIpc) is 3.32. The maximum absolute atomic E-state index is 13.2. The fourth-order valence-corrected chi connectivity index (χ4v) is 5.46. The Morgan fingerprint density at radius 2 is 1.50 bits per heavy atom. The van der Waals surface area contributed by atoms with Gasteiger partial charge in [-0.3, -0.25) is 9.59 Å². The molecular weight excluding hydrogens is 615 g/mol. The molecule has 0 fully saturated rings. The van der Waals surface area contributed by atoms with E-state index in [1.165, 1.54) is 0 Å². The van der Waals surface area contributed by atoms with E-state index in [0.29, 0.717) is 42.9 Å². The predicted molar refractivity (Wildman–Crippen MR) is 169 cm³/mol. The van der Waals surface area contributed by atoms with Crippen LogP contribution >= 0.6 is 11.8 Å². The van der Waals surface area contributed by atoms with E-state index in [-0.39, 0.29) is 30.7 Å². The van der Waals surface area contributed by atoms with Crippen molar-refractivity contribution in [2.45, 2.75) is 43.4 Å². The highest BCUT2D eigenvalue weighted by Crippen LogP contribution is 2.46. The van der Waals surface area contributed by atoms with Gasteiger partial charge in [-0.1, -0.05) is 32.2 Å². The van der Waals surface area contributed by atoms with Crippen LogP contribution in [0.5, 0.6) is 11.5 Å². The van der Waals surface area contributed by atoms with E-state index < -0.39 is 23.9 Å². The molecule has 1 unspecified atom stereocenters. The fourth-order valence-electron chi connectivity index (χ4n) is 4.73. The summed E-state index contributed by atoms with van der Waals surface area (Å²) in [6.07, 6.45) is 1.70. The number of carbonyl (C=O) groups is 4. The van der Waals surface area contributed by atoms with Crippen molar-refractivity contribution in [3.63, 3.8) is 0 Å². The second-order valence-corrected chi connectivity index (χ2v) is 11.2. The van der Waals surface area contributed by atoms with Gasteiger partial charge in [0.25, 0.3) is 0 Å². The van der Waals surface area contributed by atoms with Crippen LogP contribution in [-0.2, 0) is 23.8 Å². The van der Waals surface area contributed by atoms with Gasteiger partial charge in [0, 0.05) is 22.8 Å². The van der Waals surface area contributed by atoms with Crippen molar-refractivity contribution in [1.82, 2.24) is 0 Å². The summed E-state index contributed by atoms with van der Waals surface area (Å²) in [5, 5.41) is -0.102. The third-order valence-electron chi connectivity index (χ3n) is 6.99. The monoisotopic (exact) mass is 648 g/mol. The highest BCUT2D eigenvalue weighted by Gasteiger charge is 2.27. The smallest absolute Gasteiger partial charge is 0.494 e. The van der Waals surface area contributed by atoms with E-state index in [9.17, 15) is 23.6 Å². The lowest BCUT2D eigenvalue weighted by molar-refractivity contribution is -0.141. The van der Waals surface area contributed by atoms with Gasteiger partial charge in [-0.25, -0.2) is 9.59 Å². The van der Waals surface area contributed by atoms with E-state index in [0.717, 1.165) is 45.2 Å². The Morgan fingerprint density at radius 1 is 0.848 bits per heavy atom. The Hall–Kier alpha value is -4.90. The molecule has 4 rings (SSSR count). The van der Waals surface area contributed by atoms with E-state index in [1.54, 1.807) is 30.3 Å². The first-order valence-electron chi connectivity index (χ1n) is 14.6. The van der Waals surface area contributed by atoms with Crippen molar-refractivity contribution in [3.05, 3.63) is 103 Å². The summed E-state index contributed by atoms with van der Waals surface area (Å²) < 4.78 is 38.0. The lowest BCUT2D eigenvalue weighted by Crippen LogP contribution is -2.12. The number of halogens is 1. The van der Waals surface area contributed by atoms with Gasteiger partial charge in [-0.05, 0) is 102 Å². The molecular formula is C35H33FO9S. The topological polar surface area (TPSA) is 114 Å². The SMILES string of the molecule is C=COC(=O)CCCOC(=O)Oc1ccc2c(c1)C(C)c1cc(C(=O)Sc3ccc(OCCCCOC(=O)C(=C)F)cc3)ccc1-2. The summed E-state index contributed by atoms with van der Waals surface area (Å²) in [5.41, 5.74) is 4.54. The average molecular weight is 649 g/mol. The Labute approximate surface area is 270 Å². The standard InChI is InChI=1S/C35H33FO9S/c1-4-41-32(37)8-7-19-44-35(40)45-26-12-16-29-28-15-9-24(20-30(28)22(2)31(29)21-26)34(39)46-27-13-10-25(11-14-27)42-17-5-6-18-43-33(38)23(3)36/h4,9-16,20-22H,1,3,5-8,17-19H2,2H3. The lowest BCUT2D eigenvalue weighted by atomic mass is 9.98. The van der Waals surface area contributed by atoms with Gasteiger partial charge in [0.1, 0.15) is 11.5 Å². The summed E-state index contributed by atoms with van der Waals surface area (Å²) in [6, 6.07) is 18.2. The van der Waals surface area contributed by atoms with E-state index in [4.69, 9.17) is 18.9 Å². The number of hydrogen-bond donors (Lipinski definition) is 0. The van der Waals surface area contributed by atoms with Crippen LogP contribution in [-0.4, -0.2) is 43.0 Å². The molecule has 0 aromatic heterocycles. The lowest BCUT2D eigenvalue weighted by Gasteiger charge is -2.10. The largest absolute Gasteiger partial charge is 0.513 e. The van der Waals surface area contributed by atoms with Gasteiger partial charge >= 0.3 is 18.1 Å².